The first kappa shape index (κ1) is 18.7. The number of aryl methyl sites for hydroxylation is 1. The molecule has 1 amide bonds. The highest BCUT2D eigenvalue weighted by Gasteiger charge is 2.49. The van der Waals surface area contributed by atoms with Crippen LogP contribution in [0.2, 0.25) is 10.0 Å². The highest BCUT2D eigenvalue weighted by atomic mass is 35.5. The van der Waals surface area contributed by atoms with E-state index in [0.29, 0.717) is 41.6 Å². The van der Waals surface area contributed by atoms with E-state index >= 15 is 0 Å². The fourth-order valence-corrected chi connectivity index (χ4v) is 3.23. The lowest BCUT2D eigenvalue weighted by Gasteiger charge is -2.48. The second-order valence-electron chi connectivity index (χ2n) is 6.55. The van der Waals surface area contributed by atoms with Crippen molar-refractivity contribution in [1.82, 2.24) is 4.90 Å². The van der Waals surface area contributed by atoms with Gasteiger partial charge in [-0.2, -0.15) is 0 Å². The van der Waals surface area contributed by atoms with Crippen LogP contribution in [0.25, 0.3) is 0 Å². The zero-order valence-electron chi connectivity index (χ0n) is 14.4. The van der Waals surface area contributed by atoms with Crippen molar-refractivity contribution >= 4 is 35.1 Å². The summed E-state index contributed by atoms with van der Waals surface area (Å²) in [5.74, 6) is 0.439. The lowest BCUT2D eigenvalue weighted by atomic mass is 9.81. The van der Waals surface area contributed by atoms with Gasteiger partial charge in [0, 0.05) is 23.0 Å². The van der Waals surface area contributed by atoms with Gasteiger partial charge < -0.3 is 4.74 Å². The molecule has 1 saturated heterocycles. The van der Waals surface area contributed by atoms with Crippen LogP contribution < -0.4 is 4.74 Å². The molecule has 2 aromatic carbocycles. The minimum Gasteiger partial charge on any atom is -0.410 e. The largest absolute Gasteiger partial charge is 0.416 e. The number of amides is 1. The number of Topliss-reactive ketones (excluding diaryl/α,β-unsaturated/α-hetero) is 1. The van der Waals surface area contributed by atoms with Gasteiger partial charge in [-0.15, -0.1) is 0 Å². The number of likely N-dealkylation sites (tertiary alicyclic amines) is 1. The Hall–Kier alpha value is -2.04. The topological polar surface area (TPSA) is 46.6 Å². The first-order chi connectivity index (χ1) is 12.4. The van der Waals surface area contributed by atoms with Crippen molar-refractivity contribution in [2.24, 2.45) is 0 Å². The minimum atomic E-state index is -0.810. The molecule has 136 valence electrons. The van der Waals surface area contributed by atoms with Crippen molar-refractivity contribution in [3.05, 3.63) is 64.1 Å². The maximum atomic E-state index is 12.7. The molecule has 4 nitrogen and oxygen atoms in total. The molecule has 2 aromatic rings. The first-order valence-corrected chi connectivity index (χ1v) is 9.17. The van der Waals surface area contributed by atoms with Crippen molar-refractivity contribution in [2.45, 2.75) is 31.7 Å². The Balaban J connectivity index is 1.59. The van der Waals surface area contributed by atoms with E-state index < -0.39 is 11.6 Å². The highest BCUT2D eigenvalue weighted by molar-refractivity contribution is 6.30. The second kappa shape index (κ2) is 7.68. The molecule has 26 heavy (non-hydrogen) atoms. The van der Waals surface area contributed by atoms with Crippen LogP contribution in [0.15, 0.2) is 48.5 Å². The van der Waals surface area contributed by atoms with Crippen molar-refractivity contribution in [2.75, 3.05) is 6.54 Å². The summed E-state index contributed by atoms with van der Waals surface area (Å²) in [6.07, 6.45) is 1.11. The minimum absolute atomic E-state index is 0.0340. The standard InChI is InChI=1S/C20H19Cl2NO3/c1-20(18(24)11-4-14-2-5-15(21)6-3-14)12-13-23(20)19(25)26-17-9-7-16(22)8-10-17/h2-3,5-10H,4,11-13H2,1H3. The number of benzene rings is 2. The van der Waals surface area contributed by atoms with E-state index in [9.17, 15) is 9.59 Å². The van der Waals surface area contributed by atoms with Crippen molar-refractivity contribution in [3.8, 4) is 5.75 Å². The number of carbonyl (C=O) groups is 2. The van der Waals surface area contributed by atoms with Gasteiger partial charge in [0.15, 0.2) is 5.78 Å². The molecule has 0 radical (unpaired) electrons. The number of carbonyl (C=O) groups excluding carboxylic acids is 2. The predicted molar refractivity (Wildman–Crippen MR) is 102 cm³/mol. The Morgan fingerprint density at radius 3 is 2.15 bits per heavy atom. The molecule has 1 aliphatic heterocycles. The smallest absolute Gasteiger partial charge is 0.410 e. The summed E-state index contributed by atoms with van der Waals surface area (Å²) in [6.45, 7) is 2.30. The number of hydrogen-bond donors (Lipinski definition) is 0. The van der Waals surface area contributed by atoms with Gasteiger partial charge >= 0.3 is 6.09 Å². The van der Waals surface area contributed by atoms with Crippen LogP contribution in [-0.2, 0) is 11.2 Å². The van der Waals surface area contributed by atoms with E-state index in [-0.39, 0.29) is 5.78 Å². The van der Waals surface area contributed by atoms with Gasteiger partial charge in [0.25, 0.3) is 0 Å². The summed E-state index contributed by atoms with van der Waals surface area (Å²) in [7, 11) is 0. The molecule has 0 spiro atoms. The van der Waals surface area contributed by atoms with E-state index in [0.717, 1.165) is 5.56 Å². The normalized spacial score (nSPS) is 19.0. The van der Waals surface area contributed by atoms with Gasteiger partial charge in [0.1, 0.15) is 11.3 Å². The zero-order valence-corrected chi connectivity index (χ0v) is 15.9. The molecule has 0 N–H and O–H groups in total. The van der Waals surface area contributed by atoms with Crippen molar-refractivity contribution < 1.29 is 14.3 Å². The molecule has 1 fully saturated rings. The third kappa shape index (κ3) is 4.02. The van der Waals surface area contributed by atoms with Crippen molar-refractivity contribution in [3.63, 3.8) is 0 Å². The molecular formula is C20H19Cl2NO3. The summed E-state index contributed by atoms with van der Waals surface area (Å²) < 4.78 is 5.36. The number of halogens is 2. The zero-order chi connectivity index (χ0) is 18.7. The Morgan fingerprint density at radius 1 is 1.04 bits per heavy atom. The molecule has 0 aromatic heterocycles. The summed E-state index contributed by atoms with van der Waals surface area (Å²) in [5, 5.41) is 1.23. The lowest BCUT2D eigenvalue weighted by Crippen LogP contribution is -2.65. The third-order valence-corrected chi connectivity index (χ3v) is 5.32. The lowest BCUT2D eigenvalue weighted by molar-refractivity contribution is -0.135. The predicted octanol–water partition coefficient (Wildman–Crippen LogP) is 5.16. The van der Waals surface area contributed by atoms with Gasteiger partial charge in [-0.3, -0.25) is 9.69 Å². The van der Waals surface area contributed by atoms with Gasteiger partial charge in [-0.05, 0) is 61.7 Å². The van der Waals surface area contributed by atoms with Crippen LogP contribution in [0.3, 0.4) is 0 Å². The molecule has 3 rings (SSSR count). The third-order valence-electron chi connectivity index (χ3n) is 4.81. The number of ether oxygens (including phenoxy) is 1. The average Bonchev–Trinajstić information content (AvgIpc) is 2.61. The number of hydrogen-bond acceptors (Lipinski definition) is 3. The average molecular weight is 392 g/mol. The van der Waals surface area contributed by atoms with Crippen LogP contribution in [0, 0.1) is 0 Å². The van der Waals surface area contributed by atoms with Crippen LogP contribution in [0.5, 0.6) is 5.75 Å². The van der Waals surface area contributed by atoms with Crippen LogP contribution in [0.4, 0.5) is 4.79 Å². The Kier molecular flexibility index (Phi) is 5.54. The van der Waals surface area contributed by atoms with Gasteiger partial charge in [-0.25, -0.2) is 4.79 Å². The summed E-state index contributed by atoms with van der Waals surface area (Å²) in [6, 6.07) is 14.0. The molecule has 1 heterocycles. The van der Waals surface area contributed by atoms with Gasteiger partial charge in [0.05, 0.1) is 0 Å². The maximum Gasteiger partial charge on any atom is 0.416 e. The summed E-state index contributed by atoms with van der Waals surface area (Å²) in [5.41, 5.74) is 0.233. The van der Waals surface area contributed by atoms with E-state index in [1.807, 2.05) is 24.3 Å². The highest BCUT2D eigenvalue weighted by Crippen LogP contribution is 2.33. The Bertz CT molecular complexity index is 805. The molecule has 1 aliphatic rings. The maximum absolute atomic E-state index is 12.7. The van der Waals surface area contributed by atoms with Gasteiger partial charge in [-0.1, -0.05) is 35.3 Å². The molecule has 0 aliphatic carbocycles. The van der Waals surface area contributed by atoms with E-state index in [2.05, 4.69) is 0 Å². The fourth-order valence-electron chi connectivity index (χ4n) is 2.98. The van der Waals surface area contributed by atoms with Crippen LogP contribution in [0.1, 0.15) is 25.3 Å². The summed E-state index contributed by atoms with van der Waals surface area (Å²) in [4.78, 5) is 26.6. The molecule has 0 bridgehead atoms. The molecule has 6 heteroatoms. The first-order valence-electron chi connectivity index (χ1n) is 8.41. The summed E-state index contributed by atoms with van der Waals surface area (Å²) >= 11 is 11.7. The Labute approximate surface area is 162 Å². The monoisotopic (exact) mass is 391 g/mol. The van der Waals surface area contributed by atoms with Crippen LogP contribution >= 0.6 is 23.2 Å². The van der Waals surface area contributed by atoms with E-state index in [1.54, 1.807) is 31.2 Å². The number of nitrogens with zero attached hydrogens (tertiary/aromatic N) is 1. The molecule has 1 atom stereocenters. The fraction of sp³-hybridized carbons (Fsp3) is 0.300. The SMILES string of the molecule is CC1(C(=O)CCc2ccc(Cl)cc2)CCN1C(=O)Oc1ccc(Cl)cc1. The molecule has 0 saturated carbocycles. The number of ketones is 1. The van der Waals surface area contributed by atoms with Crippen LogP contribution in [-0.4, -0.2) is 28.9 Å². The molecule has 1 unspecified atom stereocenters. The Morgan fingerprint density at radius 2 is 1.62 bits per heavy atom. The second-order valence-corrected chi connectivity index (χ2v) is 7.42. The number of rotatable bonds is 5. The van der Waals surface area contributed by atoms with Crippen molar-refractivity contribution in [1.29, 1.82) is 0 Å². The van der Waals surface area contributed by atoms with E-state index in [1.165, 1.54) is 4.90 Å². The molecular weight excluding hydrogens is 373 g/mol. The quantitative estimate of drug-likeness (QED) is 0.706. The van der Waals surface area contributed by atoms with Gasteiger partial charge in [0.2, 0.25) is 0 Å². The van der Waals surface area contributed by atoms with E-state index in [4.69, 9.17) is 27.9 Å².